The fourth-order valence-electron chi connectivity index (χ4n) is 2.82. The number of carbonyl (C=O) groups excluding carboxylic acids is 1. The van der Waals surface area contributed by atoms with Crippen LogP contribution in [-0.2, 0) is 13.0 Å². The van der Waals surface area contributed by atoms with Crippen molar-refractivity contribution < 1.29 is 23.8 Å². The Morgan fingerprint density at radius 3 is 2.40 bits per heavy atom. The van der Waals surface area contributed by atoms with E-state index in [4.69, 9.17) is 39.5 Å². The van der Waals surface area contributed by atoms with E-state index in [2.05, 4.69) is 4.98 Å². The largest absolute Gasteiger partial charge is 0.494 e. The summed E-state index contributed by atoms with van der Waals surface area (Å²) >= 11 is 15.7. The number of benzene rings is 1. The van der Waals surface area contributed by atoms with Crippen molar-refractivity contribution in [2.75, 3.05) is 13.7 Å². The zero-order valence-corrected chi connectivity index (χ0v) is 18.6. The van der Waals surface area contributed by atoms with Gasteiger partial charge >= 0.3 is 5.97 Å². The standard InChI is InChI=1S/C17H15FN2O4.C3H5Cl3/c1-24-13-8-19-15(17(22)23)12-6-7-20(16(21)14(12)13)9-10-2-4-11(18)5-3-10;1-2-3(4,5)6/h2-5,8H,6-7,9H2,1H3,(H,22,23);2H2,1H3. The molecular weight excluding hydrogens is 458 g/mol. The third-order valence-electron chi connectivity index (χ3n) is 4.39. The Labute approximate surface area is 188 Å². The van der Waals surface area contributed by atoms with E-state index in [0.29, 0.717) is 31.5 Å². The van der Waals surface area contributed by atoms with Gasteiger partial charge in [0.2, 0.25) is 0 Å². The molecular formula is C20H20Cl3FN2O4. The van der Waals surface area contributed by atoms with E-state index in [9.17, 15) is 19.1 Å². The number of alkyl halides is 3. The summed E-state index contributed by atoms with van der Waals surface area (Å²) in [6.07, 6.45) is 2.19. The molecule has 10 heteroatoms. The Hall–Kier alpha value is -2.09. The number of hydrogen-bond donors (Lipinski definition) is 1. The lowest BCUT2D eigenvalue weighted by atomic mass is 9.96. The molecule has 1 N–H and O–H groups in total. The van der Waals surface area contributed by atoms with Crippen molar-refractivity contribution in [3.63, 3.8) is 0 Å². The number of hydrogen-bond acceptors (Lipinski definition) is 4. The van der Waals surface area contributed by atoms with E-state index in [-0.39, 0.29) is 28.7 Å². The van der Waals surface area contributed by atoms with E-state index < -0.39 is 9.76 Å². The highest BCUT2D eigenvalue weighted by Gasteiger charge is 2.32. The number of carboxylic acid groups (broad SMARTS) is 1. The highest BCUT2D eigenvalue weighted by molar-refractivity contribution is 6.67. The van der Waals surface area contributed by atoms with Crippen molar-refractivity contribution in [1.29, 1.82) is 0 Å². The summed E-state index contributed by atoms with van der Waals surface area (Å²) in [5.74, 6) is -1.58. The number of nitrogens with zero attached hydrogens (tertiary/aromatic N) is 2. The van der Waals surface area contributed by atoms with Gasteiger partial charge < -0.3 is 14.7 Å². The molecule has 1 aromatic carbocycles. The Morgan fingerprint density at radius 2 is 1.90 bits per heavy atom. The van der Waals surface area contributed by atoms with Crippen LogP contribution in [0.5, 0.6) is 5.75 Å². The summed E-state index contributed by atoms with van der Waals surface area (Å²) in [5, 5.41) is 9.25. The van der Waals surface area contributed by atoms with Gasteiger partial charge in [-0.3, -0.25) is 4.79 Å². The molecule has 1 amide bonds. The van der Waals surface area contributed by atoms with E-state index in [1.54, 1.807) is 17.0 Å². The molecule has 1 aromatic heterocycles. The summed E-state index contributed by atoms with van der Waals surface area (Å²) < 4.78 is 17.1. The van der Waals surface area contributed by atoms with Crippen molar-refractivity contribution in [2.45, 2.75) is 30.1 Å². The van der Waals surface area contributed by atoms with Crippen LogP contribution in [0.4, 0.5) is 4.39 Å². The summed E-state index contributed by atoms with van der Waals surface area (Å²) in [6.45, 7) is 2.48. The van der Waals surface area contributed by atoms with Gasteiger partial charge in [0.1, 0.15) is 11.6 Å². The van der Waals surface area contributed by atoms with Gasteiger partial charge in [0.25, 0.3) is 5.91 Å². The first-order valence-corrected chi connectivity index (χ1v) is 10.1. The van der Waals surface area contributed by atoms with Crippen molar-refractivity contribution in [2.24, 2.45) is 0 Å². The van der Waals surface area contributed by atoms with Crippen molar-refractivity contribution in [1.82, 2.24) is 9.88 Å². The van der Waals surface area contributed by atoms with Crippen LogP contribution in [0.3, 0.4) is 0 Å². The summed E-state index contributed by atoms with van der Waals surface area (Å²) in [6, 6.07) is 5.91. The van der Waals surface area contributed by atoms with Gasteiger partial charge in [0.15, 0.2) is 9.49 Å². The first-order chi connectivity index (χ1) is 14.1. The Morgan fingerprint density at radius 1 is 1.30 bits per heavy atom. The highest BCUT2D eigenvalue weighted by atomic mass is 35.6. The number of amides is 1. The Kier molecular flexibility index (Phi) is 8.29. The lowest BCUT2D eigenvalue weighted by Crippen LogP contribution is -2.38. The molecule has 2 heterocycles. The zero-order valence-electron chi connectivity index (χ0n) is 16.3. The fraction of sp³-hybridized carbons (Fsp3) is 0.350. The van der Waals surface area contributed by atoms with Gasteiger partial charge in [-0.2, -0.15) is 0 Å². The number of aromatic nitrogens is 1. The maximum absolute atomic E-state index is 13.0. The molecule has 0 aliphatic carbocycles. The molecule has 0 saturated heterocycles. The molecule has 0 atom stereocenters. The number of carbonyl (C=O) groups is 2. The Bertz CT molecular complexity index is 918. The maximum Gasteiger partial charge on any atom is 0.354 e. The monoisotopic (exact) mass is 476 g/mol. The van der Waals surface area contributed by atoms with Crippen molar-refractivity contribution in [3.8, 4) is 5.75 Å². The van der Waals surface area contributed by atoms with Gasteiger partial charge in [0, 0.05) is 18.7 Å². The highest BCUT2D eigenvalue weighted by Crippen LogP contribution is 2.30. The molecule has 0 bridgehead atoms. The van der Waals surface area contributed by atoms with E-state index in [1.807, 2.05) is 6.92 Å². The molecule has 30 heavy (non-hydrogen) atoms. The zero-order chi connectivity index (χ0) is 22.5. The molecule has 0 fully saturated rings. The van der Waals surface area contributed by atoms with E-state index >= 15 is 0 Å². The number of aromatic carboxylic acids is 1. The topological polar surface area (TPSA) is 79.7 Å². The Balaban J connectivity index is 0.000000469. The van der Waals surface area contributed by atoms with Crippen LogP contribution in [0.2, 0.25) is 0 Å². The minimum Gasteiger partial charge on any atom is -0.494 e. The van der Waals surface area contributed by atoms with Crippen molar-refractivity contribution in [3.05, 3.63) is 58.7 Å². The molecule has 162 valence electrons. The second-order valence-corrected chi connectivity index (χ2v) is 8.92. The number of rotatable bonds is 4. The third-order valence-corrected chi connectivity index (χ3v) is 5.19. The lowest BCUT2D eigenvalue weighted by Gasteiger charge is -2.30. The predicted octanol–water partition coefficient (Wildman–Crippen LogP) is 4.89. The second-order valence-electron chi connectivity index (χ2n) is 6.41. The smallest absolute Gasteiger partial charge is 0.354 e. The van der Waals surface area contributed by atoms with Crippen LogP contribution < -0.4 is 4.74 Å². The molecule has 0 unspecified atom stereocenters. The van der Waals surface area contributed by atoms with Crippen LogP contribution in [0.1, 0.15) is 45.3 Å². The number of carboxylic acids is 1. The maximum atomic E-state index is 13.0. The molecule has 1 aliphatic rings. The SMILES string of the molecule is CCC(Cl)(Cl)Cl.COc1cnc(C(=O)O)c2c1C(=O)N(Cc1ccc(F)cc1)CC2. The van der Waals surface area contributed by atoms with Gasteiger partial charge in [-0.05, 0) is 30.5 Å². The quantitative estimate of drug-likeness (QED) is 0.634. The molecule has 1 aliphatic heterocycles. The third kappa shape index (κ3) is 6.20. The van der Waals surface area contributed by atoms with E-state index in [1.165, 1.54) is 25.4 Å². The van der Waals surface area contributed by atoms with Crippen LogP contribution >= 0.6 is 34.8 Å². The number of methoxy groups -OCH3 is 1. The van der Waals surface area contributed by atoms with Crippen molar-refractivity contribution >= 4 is 46.7 Å². The van der Waals surface area contributed by atoms with Gasteiger partial charge in [-0.15, -0.1) is 0 Å². The molecule has 0 saturated carbocycles. The molecule has 0 radical (unpaired) electrons. The number of halogens is 4. The number of pyridine rings is 1. The van der Waals surface area contributed by atoms with Gasteiger partial charge in [-0.25, -0.2) is 14.2 Å². The summed E-state index contributed by atoms with van der Waals surface area (Å²) in [7, 11) is 1.41. The van der Waals surface area contributed by atoms with Gasteiger partial charge in [-0.1, -0.05) is 53.9 Å². The van der Waals surface area contributed by atoms with Crippen LogP contribution in [0, 0.1) is 5.82 Å². The summed E-state index contributed by atoms with van der Waals surface area (Å²) in [5.41, 5.74) is 1.29. The minimum atomic E-state index is -1.17. The molecule has 0 spiro atoms. The average molecular weight is 478 g/mol. The molecule has 2 aromatic rings. The summed E-state index contributed by atoms with van der Waals surface area (Å²) in [4.78, 5) is 29.6. The van der Waals surface area contributed by atoms with Crippen LogP contribution in [0.15, 0.2) is 30.5 Å². The number of ether oxygens (including phenoxy) is 1. The lowest BCUT2D eigenvalue weighted by molar-refractivity contribution is 0.0684. The molecule has 3 rings (SSSR count). The molecule has 6 nitrogen and oxygen atoms in total. The first kappa shape index (κ1) is 24.2. The van der Waals surface area contributed by atoms with Gasteiger partial charge in [0.05, 0.1) is 18.9 Å². The minimum absolute atomic E-state index is 0.124. The normalized spacial score (nSPS) is 13.3. The van der Waals surface area contributed by atoms with Crippen LogP contribution in [-0.4, -0.2) is 44.3 Å². The second kappa shape index (κ2) is 10.3. The fourth-order valence-corrected chi connectivity index (χ4v) is 2.82. The van der Waals surface area contributed by atoms with E-state index in [0.717, 1.165) is 5.56 Å². The van der Waals surface area contributed by atoms with Crippen LogP contribution in [0.25, 0.3) is 0 Å². The first-order valence-electron chi connectivity index (χ1n) is 8.97. The number of fused-ring (bicyclic) bond motifs is 1. The average Bonchev–Trinajstić information content (AvgIpc) is 2.70. The predicted molar refractivity (Wildman–Crippen MR) is 113 cm³/mol.